The van der Waals surface area contributed by atoms with E-state index in [1.54, 1.807) is 0 Å². The van der Waals surface area contributed by atoms with Gasteiger partial charge in [-0.3, -0.25) is 4.98 Å². The first-order valence-electron chi connectivity index (χ1n) is 30.5. The number of ether oxygens (including phenoxy) is 1. The van der Waals surface area contributed by atoms with Gasteiger partial charge in [-0.2, -0.15) is 23.9 Å². The fourth-order valence-electron chi connectivity index (χ4n) is 12.8. The molecule has 8 nitrogen and oxygen atoms in total. The summed E-state index contributed by atoms with van der Waals surface area (Å²) >= 11 is 0. The van der Waals surface area contributed by atoms with Crippen LogP contribution in [0.25, 0.3) is 49.8 Å². The molecule has 0 bridgehead atoms. The molecule has 0 spiro atoms. The number of hydrogen-bond acceptors (Lipinski definition) is 7. The molecule has 8 aromatic rings. The maximum atomic E-state index is 7.19. The van der Waals surface area contributed by atoms with Gasteiger partial charge < -0.3 is 28.7 Å². The van der Waals surface area contributed by atoms with Gasteiger partial charge in [-0.05, 0) is 186 Å². The summed E-state index contributed by atoms with van der Waals surface area (Å²) in [6.45, 7) is 34.2. The molecule has 5 aromatic carbocycles. The molecule has 5 aliphatic rings. The SMILES string of the molecule is CC(C)c1cccc(C(C)(C)C)c1-c1cc(N2[CH-]N(c3c(C4=CC=CN5C=CC=CB45)cc(C(C)(C)C)cc3C3=CC=CN4C=CC=CB34)c3ccccc32)[c-]c(Oc2[c-]c3c(cc2)c2cc(C(C)(C)C)ccc2n3-c2cc(C(C)(C)C)ccn2)n1.[Pt]. The van der Waals surface area contributed by atoms with Crippen LogP contribution in [0.4, 0.5) is 22.7 Å². The second kappa shape index (κ2) is 22.3. The smallest absolute Gasteiger partial charge is 0.320 e. The van der Waals surface area contributed by atoms with Crippen LogP contribution in [0.1, 0.15) is 142 Å². The van der Waals surface area contributed by atoms with E-state index in [1.165, 1.54) is 49.9 Å². The molecule has 11 heteroatoms. The summed E-state index contributed by atoms with van der Waals surface area (Å²) in [6, 6.07) is 45.6. The monoisotopic (exact) mass is 1320 g/mol. The number of allylic oxidation sites excluding steroid dienone is 8. The number of nitrogens with zero attached hydrogens (tertiary/aromatic N) is 7. The summed E-state index contributed by atoms with van der Waals surface area (Å²) < 4.78 is 9.43. The van der Waals surface area contributed by atoms with E-state index in [4.69, 9.17) is 14.7 Å². The van der Waals surface area contributed by atoms with Crippen molar-refractivity contribution in [3.8, 4) is 28.7 Å². The van der Waals surface area contributed by atoms with Crippen molar-refractivity contribution in [1.82, 2.24) is 24.2 Å². The molecule has 3 aromatic heterocycles. The summed E-state index contributed by atoms with van der Waals surface area (Å²) in [5, 5.41) is 2.21. The predicted octanol–water partition coefficient (Wildman–Crippen LogP) is 19.1. The molecule has 0 saturated heterocycles. The number of fused-ring (bicyclic) bond motifs is 6. The van der Waals surface area contributed by atoms with E-state index < -0.39 is 0 Å². The number of aromatic nitrogens is 3. The Morgan fingerprint density at radius 1 is 0.563 bits per heavy atom. The minimum absolute atomic E-state index is 0. The molecule has 0 unspecified atom stereocenters. The van der Waals surface area contributed by atoms with Crippen molar-refractivity contribution in [1.29, 1.82) is 0 Å². The molecule has 0 atom stereocenters. The van der Waals surface area contributed by atoms with Gasteiger partial charge in [-0.1, -0.05) is 181 Å². The number of benzene rings is 5. The van der Waals surface area contributed by atoms with Crippen molar-refractivity contribution in [2.45, 2.75) is 125 Å². The van der Waals surface area contributed by atoms with Crippen LogP contribution in [0.3, 0.4) is 0 Å². The van der Waals surface area contributed by atoms with Crippen LogP contribution in [0.15, 0.2) is 195 Å². The van der Waals surface area contributed by atoms with Crippen molar-refractivity contribution < 1.29 is 25.8 Å². The Balaban J connectivity index is 0.00000739. The quantitative estimate of drug-likeness (QED) is 0.105. The second-order valence-electron chi connectivity index (χ2n) is 28.0. The first-order chi connectivity index (χ1) is 41.0. The Hall–Kier alpha value is -8.06. The van der Waals surface area contributed by atoms with Gasteiger partial charge in [-0.15, -0.1) is 24.2 Å². The van der Waals surface area contributed by atoms with Gasteiger partial charge in [0.1, 0.15) is 11.7 Å². The number of pyridine rings is 2. The molecule has 0 saturated carbocycles. The molecule has 0 aliphatic carbocycles. The van der Waals surface area contributed by atoms with Crippen LogP contribution in [-0.4, -0.2) is 37.9 Å². The fourth-order valence-corrected chi connectivity index (χ4v) is 12.8. The van der Waals surface area contributed by atoms with Gasteiger partial charge in [0.15, 0.2) is 0 Å². The van der Waals surface area contributed by atoms with E-state index in [9.17, 15) is 0 Å². The normalized spacial score (nSPS) is 15.6. The first kappa shape index (κ1) is 59.3. The van der Waals surface area contributed by atoms with Crippen molar-refractivity contribution in [2.24, 2.45) is 0 Å². The Bertz CT molecular complexity index is 4240. The number of anilines is 4. The van der Waals surface area contributed by atoms with Crippen molar-refractivity contribution in [3.05, 3.63) is 252 Å². The average Bonchev–Trinajstić information content (AvgIpc) is 1.77. The van der Waals surface area contributed by atoms with Gasteiger partial charge in [0.05, 0.1) is 0 Å². The van der Waals surface area contributed by atoms with E-state index in [2.05, 4.69) is 322 Å². The van der Waals surface area contributed by atoms with Crippen molar-refractivity contribution in [2.75, 3.05) is 9.80 Å². The second-order valence-corrected chi connectivity index (χ2v) is 28.0. The summed E-state index contributed by atoms with van der Waals surface area (Å²) in [7, 11) is 0. The molecule has 0 fully saturated rings. The minimum atomic E-state index is -0.209. The van der Waals surface area contributed by atoms with Gasteiger partial charge in [0, 0.05) is 55.6 Å². The van der Waals surface area contributed by atoms with Crippen molar-refractivity contribution >= 4 is 69.2 Å². The Morgan fingerprint density at radius 2 is 1.17 bits per heavy atom. The Morgan fingerprint density at radius 3 is 1.78 bits per heavy atom. The van der Waals surface area contributed by atoms with Gasteiger partial charge in [0.2, 0.25) is 0 Å². The van der Waals surface area contributed by atoms with E-state index >= 15 is 0 Å². The third kappa shape index (κ3) is 10.9. The minimum Gasteiger partial charge on any atom is -0.503 e. The molecule has 440 valence electrons. The summed E-state index contributed by atoms with van der Waals surface area (Å²) in [6.07, 6.45) is 28.2. The Kier molecular flexibility index (Phi) is 15.2. The summed E-state index contributed by atoms with van der Waals surface area (Å²) in [5.41, 5.74) is 18.2. The fraction of sp³-hybridized carbons (Fsp3) is 0.250. The average molecular weight is 1320 g/mol. The van der Waals surface area contributed by atoms with E-state index in [0.717, 1.165) is 61.6 Å². The van der Waals surface area contributed by atoms with Crippen LogP contribution in [0.5, 0.6) is 11.6 Å². The maximum absolute atomic E-state index is 7.19. The topological polar surface area (TPSA) is 52.9 Å². The summed E-state index contributed by atoms with van der Waals surface area (Å²) in [4.78, 5) is 19.9. The molecular weight excluding hydrogens is 1240 g/mol. The van der Waals surface area contributed by atoms with Crippen LogP contribution in [0.2, 0.25) is 0 Å². The Labute approximate surface area is 531 Å². The zero-order valence-electron chi connectivity index (χ0n) is 52.6. The zero-order valence-corrected chi connectivity index (χ0v) is 54.9. The third-order valence-corrected chi connectivity index (χ3v) is 17.5. The first-order valence-corrected chi connectivity index (χ1v) is 30.5. The van der Waals surface area contributed by atoms with Gasteiger partial charge in [-0.25, -0.2) is 4.98 Å². The number of hydrogen-bond donors (Lipinski definition) is 0. The van der Waals surface area contributed by atoms with Crippen molar-refractivity contribution in [3.63, 3.8) is 0 Å². The molecule has 0 N–H and O–H groups in total. The molecule has 13 rings (SSSR count). The summed E-state index contributed by atoms with van der Waals surface area (Å²) in [5.74, 6) is 6.52. The molecule has 5 aliphatic heterocycles. The number of rotatable bonds is 9. The zero-order chi connectivity index (χ0) is 60.2. The van der Waals surface area contributed by atoms with E-state index in [1.807, 2.05) is 12.3 Å². The molecule has 87 heavy (non-hydrogen) atoms. The van der Waals surface area contributed by atoms with Crippen LogP contribution >= 0.6 is 0 Å². The molecular formula is C76H76B2N7OPt-3. The number of para-hydroxylation sites is 2. The van der Waals surface area contributed by atoms with Crippen LogP contribution < -0.4 is 14.5 Å². The molecule has 8 heterocycles. The standard InChI is InChI=1S/C76H76B2N7O.Pt/c1-50(2)56-24-21-25-61(76(12,13)14)71(56)64-46-54(47-70(80-64)86-55-31-32-57-58-42-51(73(3,4)5)30-33-65(58)85(68(57)48-55)69-45-52(34-37-79-69)74(6,7)8)83-49-84(67-29-16-15-28-66(67)83)72-59(62-26-22-40-81-38-19-17-35-77(62)81)43-53(75(9,10)11)44-60(72)63-27-23-41-82-39-20-18-36-78(63)82;/h15-46,49-50H,1-14H3;/q-3;. The molecule has 0 radical (unpaired) electrons. The van der Waals surface area contributed by atoms with E-state index in [-0.39, 0.29) is 62.3 Å². The van der Waals surface area contributed by atoms with Crippen LogP contribution in [-0.2, 0) is 42.7 Å². The largest absolute Gasteiger partial charge is 0.503 e. The maximum Gasteiger partial charge on any atom is 0.320 e. The van der Waals surface area contributed by atoms with Gasteiger partial charge >= 0.3 is 13.7 Å². The third-order valence-electron chi connectivity index (χ3n) is 17.5. The predicted molar refractivity (Wildman–Crippen MR) is 362 cm³/mol. The van der Waals surface area contributed by atoms with E-state index in [0.29, 0.717) is 11.6 Å². The van der Waals surface area contributed by atoms with Gasteiger partial charge in [0.25, 0.3) is 0 Å². The molecule has 0 amide bonds. The van der Waals surface area contributed by atoms with Crippen LogP contribution in [0, 0.1) is 18.8 Å².